The van der Waals surface area contributed by atoms with Gasteiger partial charge in [-0.15, -0.1) is 0 Å². The average molecular weight is 174 g/mol. The molecule has 0 aromatic carbocycles. The molecule has 0 unspecified atom stereocenters. The van der Waals surface area contributed by atoms with Gasteiger partial charge < -0.3 is 9.45 Å². The van der Waals surface area contributed by atoms with E-state index in [2.05, 4.69) is 6.92 Å². The highest BCUT2D eigenvalue weighted by Crippen LogP contribution is 2.04. The van der Waals surface area contributed by atoms with Crippen molar-refractivity contribution in [2.45, 2.75) is 6.42 Å². The second-order valence-corrected chi connectivity index (χ2v) is 4.18. The third-order valence-electron chi connectivity index (χ3n) is 1.74. The summed E-state index contributed by atoms with van der Waals surface area (Å²) in [4.78, 5) is 12.8. The molecule has 4 heteroatoms. The first-order chi connectivity index (χ1) is 5.24. The molecule has 1 fully saturated rings. The second kappa shape index (κ2) is 3.97. The van der Waals surface area contributed by atoms with Crippen LogP contribution < -0.4 is 0 Å². The molecule has 11 heavy (non-hydrogen) atoms. The van der Waals surface area contributed by atoms with E-state index in [-0.39, 0.29) is 5.91 Å². The maximum Gasteiger partial charge on any atom is 0.222 e. The van der Waals surface area contributed by atoms with E-state index in [1.165, 1.54) is 0 Å². The summed E-state index contributed by atoms with van der Waals surface area (Å²) in [6.45, 7) is 4.79. The Labute approximate surface area is 69.9 Å². The standard InChI is InChI=1S/C7H12NO2S/c1-2-7(9)8-3-5-11(10)6-4-8/h1-6H2. The van der Waals surface area contributed by atoms with Crippen molar-refractivity contribution in [3.05, 3.63) is 6.92 Å². The number of hydrogen-bond donors (Lipinski definition) is 0. The van der Waals surface area contributed by atoms with Gasteiger partial charge in [-0.2, -0.15) is 0 Å². The molecule has 3 nitrogen and oxygen atoms in total. The smallest absolute Gasteiger partial charge is 0.222 e. The Kier molecular flexibility index (Phi) is 3.20. The van der Waals surface area contributed by atoms with E-state index in [0.29, 0.717) is 31.0 Å². The van der Waals surface area contributed by atoms with Crippen molar-refractivity contribution < 1.29 is 9.35 Å². The van der Waals surface area contributed by atoms with E-state index in [4.69, 9.17) is 0 Å². The molecule has 0 saturated carbocycles. The highest BCUT2D eigenvalue weighted by Gasteiger charge is 2.21. The van der Waals surface area contributed by atoms with Crippen LogP contribution in [0.25, 0.3) is 0 Å². The molecule has 1 saturated heterocycles. The molecule has 0 atom stereocenters. The molecule has 0 N–H and O–H groups in total. The van der Waals surface area contributed by atoms with Crippen LogP contribution in [0, 0.1) is 6.92 Å². The maximum absolute atomic E-state index is 11.0. The highest BCUT2D eigenvalue weighted by molar-refractivity contribution is 7.91. The summed E-state index contributed by atoms with van der Waals surface area (Å²) in [6.07, 6.45) is 0.312. The summed E-state index contributed by atoms with van der Waals surface area (Å²) in [6, 6.07) is 0. The Bertz CT molecular complexity index is 143. The lowest BCUT2D eigenvalue weighted by Gasteiger charge is -2.27. The maximum atomic E-state index is 11.0. The Hall–Kier alpha value is -0.220. The Morgan fingerprint density at radius 2 is 2.09 bits per heavy atom. The third kappa shape index (κ3) is 2.38. The van der Waals surface area contributed by atoms with Crippen molar-refractivity contribution in [2.75, 3.05) is 24.6 Å². The quantitative estimate of drug-likeness (QED) is 0.517. The Morgan fingerprint density at radius 1 is 1.55 bits per heavy atom. The number of rotatable bonds is 1. The van der Waals surface area contributed by atoms with Gasteiger partial charge in [0.25, 0.3) is 0 Å². The van der Waals surface area contributed by atoms with Crippen LogP contribution >= 0.6 is 0 Å². The first kappa shape index (κ1) is 8.87. The van der Waals surface area contributed by atoms with Crippen molar-refractivity contribution in [2.24, 2.45) is 0 Å². The van der Waals surface area contributed by atoms with Crippen LogP contribution in [0.15, 0.2) is 0 Å². The number of hydrogen-bond acceptors (Lipinski definition) is 2. The van der Waals surface area contributed by atoms with E-state index in [1.807, 2.05) is 0 Å². The minimum atomic E-state index is -0.694. The molecular weight excluding hydrogens is 162 g/mol. The van der Waals surface area contributed by atoms with Crippen molar-refractivity contribution in [1.82, 2.24) is 4.90 Å². The van der Waals surface area contributed by atoms with Crippen molar-refractivity contribution >= 4 is 17.1 Å². The van der Waals surface area contributed by atoms with Crippen LogP contribution in [0.4, 0.5) is 0 Å². The van der Waals surface area contributed by atoms with Gasteiger partial charge in [0, 0.05) is 6.42 Å². The van der Waals surface area contributed by atoms with Crippen LogP contribution in [0.3, 0.4) is 0 Å². The summed E-state index contributed by atoms with van der Waals surface area (Å²) in [7, 11) is 0. The fourth-order valence-electron chi connectivity index (χ4n) is 1.05. The molecule has 0 aromatic heterocycles. The lowest BCUT2D eigenvalue weighted by molar-refractivity contribution is -0.130. The SMILES string of the molecule is [CH2]CC(=O)N1CC[S+]([O-])CC1. The molecule has 0 spiro atoms. The average Bonchev–Trinajstić information content (AvgIpc) is 2.05. The molecule has 1 aliphatic rings. The van der Waals surface area contributed by atoms with Gasteiger partial charge in [-0.3, -0.25) is 4.79 Å². The first-order valence-corrected chi connectivity index (χ1v) is 5.15. The van der Waals surface area contributed by atoms with E-state index in [1.54, 1.807) is 4.90 Å². The molecule has 0 bridgehead atoms. The third-order valence-corrected chi connectivity index (χ3v) is 3.02. The van der Waals surface area contributed by atoms with Crippen LogP contribution in [-0.2, 0) is 16.0 Å². The zero-order valence-electron chi connectivity index (χ0n) is 6.41. The Morgan fingerprint density at radius 3 is 2.55 bits per heavy atom. The predicted octanol–water partition coefficient (Wildman–Crippen LogP) is -0.199. The normalized spacial score (nSPS) is 20.4. The van der Waals surface area contributed by atoms with Crippen LogP contribution in [0.1, 0.15) is 6.42 Å². The van der Waals surface area contributed by atoms with Crippen molar-refractivity contribution in [1.29, 1.82) is 0 Å². The monoisotopic (exact) mass is 174 g/mol. The lowest BCUT2D eigenvalue weighted by atomic mass is 10.4. The molecule has 0 aliphatic carbocycles. The van der Waals surface area contributed by atoms with Gasteiger partial charge in [-0.05, 0) is 6.92 Å². The fourth-order valence-corrected chi connectivity index (χ4v) is 2.10. The number of amides is 1. The van der Waals surface area contributed by atoms with E-state index in [0.717, 1.165) is 0 Å². The van der Waals surface area contributed by atoms with E-state index in [9.17, 15) is 9.35 Å². The number of carbonyl (C=O) groups is 1. The van der Waals surface area contributed by atoms with Gasteiger partial charge >= 0.3 is 0 Å². The number of carbonyl (C=O) groups excluding carboxylic acids is 1. The van der Waals surface area contributed by atoms with Crippen LogP contribution in [0.5, 0.6) is 0 Å². The Balaban J connectivity index is 2.33. The summed E-state index contributed by atoms with van der Waals surface area (Å²) in [5, 5.41) is 0. The van der Waals surface area contributed by atoms with E-state index >= 15 is 0 Å². The fraction of sp³-hybridized carbons (Fsp3) is 0.714. The lowest BCUT2D eigenvalue weighted by Crippen LogP contribution is -2.43. The largest absolute Gasteiger partial charge is 0.616 e. The topological polar surface area (TPSA) is 43.4 Å². The van der Waals surface area contributed by atoms with Crippen molar-refractivity contribution in [3.8, 4) is 0 Å². The second-order valence-electron chi connectivity index (χ2n) is 2.48. The van der Waals surface area contributed by atoms with Crippen LogP contribution in [0.2, 0.25) is 0 Å². The number of nitrogens with zero attached hydrogens (tertiary/aromatic N) is 1. The molecule has 1 aliphatic heterocycles. The van der Waals surface area contributed by atoms with E-state index < -0.39 is 11.2 Å². The van der Waals surface area contributed by atoms with Gasteiger partial charge in [0.05, 0.1) is 13.1 Å². The van der Waals surface area contributed by atoms with Crippen LogP contribution in [-0.4, -0.2) is 40.0 Å². The minimum Gasteiger partial charge on any atom is -0.616 e. The first-order valence-electron chi connectivity index (χ1n) is 3.66. The molecule has 1 radical (unpaired) electrons. The van der Waals surface area contributed by atoms with Gasteiger partial charge in [0.2, 0.25) is 5.91 Å². The summed E-state index contributed by atoms with van der Waals surface area (Å²) >= 11 is -0.694. The predicted molar refractivity (Wildman–Crippen MR) is 44.4 cm³/mol. The molecule has 1 heterocycles. The molecule has 63 valence electrons. The molecular formula is C7H12NO2S. The molecule has 1 amide bonds. The molecule has 0 aromatic rings. The summed E-state index contributed by atoms with van der Waals surface area (Å²) in [5.74, 6) is 1.33. The van der Waals surface area contributed by atoms with Crippen molar-refractivity contribution in [3.63, 3.8) is 0 Å². The summed E-state index contributed by atoms with van der Waals surface area (Å²) in [5.41, 5.74) is 0. The van der Waals surface area contributed by atoms with Gasteiger partial charge in [-0.25, -0.2) is 0 Å². The zero-order chi connectivity index (χ0) is 8.27. The zero-order valence-corrected chi connectivity index (χ0v) is 7.23. The summed E-state index contributed by atoms with van der Waals surface area (Å²) < 4.78 is 10.9. The van der Waals surface area contributed by atoms with Gasteiger partial charge in [0.1, 0.15) is 11.5 Å². The minimum absolute atomic E-state index is 0.0710. The highest BCUT2D eigenvalue weighted by atomic mass is 32.2. The van der Waals surface area contributed by atoms with Gasteiger partial charge in [0.15, 0.2) is 0 Å². The molecule has 1 rings (SSSR count). The van der Waals surface area contributed by atoms with Gasteiger partial charge in [-0.1, -0.05) is 11.2 Å².